The Morgan fingerprint density at radius 3 is 2.36 bits per heavy atom. The number of aryl methyl sites for hydroxylation is 1. The predicted octanol–water partition coefficient (Wildman–Crippen LogP) is 6.02. The monoisotopic (exact) mass is 480 g/mol. The number of fused-ring (bicyclic) bond motifs is 1. The van der Waals surface area contributed by atoms with E-state index in [0.717, 1.165) is 16.3 Å². The zero-order valence-electron chi connectivity index (χ0n) is 20.5. The third-order valence-electron chi connectivity index (χ3n) is 5.72. The van der Waals surface area contributed by atoms with E-state index < -0.39 is 11.9 Å². The molecule has 4 rings (SSSR count). The number of ether oxygens (including phenoxy) is 2. The van der Waals surface area contributed by atoms with Crippen LogP contribution >= 0.6 is 0 Å². The molecule has 6 heteroatoms. The number of carbonyl (C=O) groups is 2. The van der Waals surface area contributed by atoms with E-state index in [1.165, 1.54) is 11.8 Å². The van der Waals surface area contributed by atoms with Gasteiger partial charge in [0.2, 0.25) is 0 Å². The van der Waals surface area contributed by atoms with Crippen LogP contribution in [0.25, 0.3) is 10.8 Å². The summed E-state index contributed by atoms with van der Waals surface area (Å²) in [6, 6.07) is 26.1. The number of esters is 1. The van der Waals surface area contributed by atoms with Crippen LogP contribution in [0.1, 0.15) is 46.8 Å². The van der Waals surface area contributed by atoms with Gasteiger partial charge in [-0.25, -0.2) is 10.2 Å². The molecule has 0 spiro atoms. The topological polar surface area (TPSA) is 77.0 Å². The first kappa shape index (κ1) is 24.7. The molecular formula is C30H28N2O4. The van der Waals surface area contributed by atoms with Crippen molar-refractivity contribution in [2.75, 3.05) is 6.61 Å². The summed E-state index contributed by atoms with van der Waals surface area (Å²) in [6.45, 7) is 6.01. The van der Waals surface area contributed by atoms with Crippen LogP contribution in [0.15, 0.2) is 90.0 Å². The average Bonchev–Trinajstić information content (AvgIpc) is 2.89. The van der Waals surface area contributed by atoms with Crippen molar-refractivity contribution in [1.29, 1.82) is 0 Å². The second kappa shape index (κ2) is 11.3. The fourth-order valence-electron chi connectivity index (χ4n) is 3.65. The normalized spacial score (nSPS) is 11.1. The van der Waals surface area contributed by atoms with E-state index in [2.05, 4.69) is 24.4 Å². The minimum atomic E-state index is -0.471. The van der Waals surface area contributed by atoms with E-state index in [-0.39, 0.29) is 6.61 Å². The van der Waals surface area contributed by atoms with E-state index in [0.29, 0.717) is 28.5 Å². The third-order valence-corrected chi connectivity index (χ3v) is 5.72. The Morgan fingerprint density at radius 1 is 0.917 bits per heavy atom. The SMILES string of the molecule is Cc1ccc(C(=O)Oc2ccc3ccccc3c2/C=N\NC(=O)COc2ccc(C(C)C)cc2)cc1. The van der Waals surface area contributed by atoms with Crippen LogP contribution in [-0.2, 0) is 4.79 Å². The molecule has 4 aromatic carbocycles. The number of hydrazone groups is 1. The summed E-state index contributed by atoms with van der Waals surface area (Å²) in [5, 5.41) is 5.89. The van der Waals surface area contributed by atoms with Gasteiger partial charge in [-0.05, 0) is 59.5 Å². The highest BCUT2D eigenvalue weighted by Crippen LogP contribution is 2.27. The lowest BCUT2D eigenvalue weighted by Crippen LogP contribution is -2.24. The van der Waals surface area contributed by atoms with Crippen molar-refractivity contribution in [2.24, 2.45) is 5.10 Å². The van der Waals surface area contributed by atoms with Crippen molar-refractivity contribution >= 4 is 28.9 Å². The van der Waals surface area contributed by atoms with Crippen LogP contribution in [0.2, 0.25) is 0 Å². The molecule has 6 nitrogen and oxygen atoms in total. The first-order valence-corrected chi connectivity index (χ1v) is 11.8. The Bertz CT molecular complexity index is 1390. The summed E-state index contributed by atoms with van der Waals surface area (Å²) in [5.74, 6) is 0.502. The molecule has 0 saturated carbocycles. The molecule has 0 aliphatic heterocycles. The predicted molar refractivity (Wildman–Crippen MR) is 142 cm³/mol. The Morgan fingerprint density at radius 2 is 1.64 bits per heavy atom. The fraction of sp³-hybridized carbons (Fsp3) is 0.167. The molecule has 0 aromatic heterocycles. The van der Waals surface area contributed by atoms with Crippen molar-refractivity contribution < 1.29 is 19.1 Å². The maximum Gasteiger partial charge on any atom is 0.343 e. The van der Waals surface area contributed by atoms with E-state index in [1.807, 2.05) is 73.7 Å². The quantitative estimate of drug-likeness (QED) is 0.145. The number of benzene rings is 4. The molecule has 0 radical (unpaired) electrons. The van der Waals surface area contributed by atoms with Gasteiger partial charge in [0, 0.05) is 5.56 Å². The molecule has 0 unspecified atom stereocenters. The minimum absolute atomic E-state index is 0.177. The lowest BCUT2D eigenvalue weighted by molar-refractivity contribution is -0.123. The zero-order valence-corrected chi connectivity index (χ0v) is 20.5. The average molecular weight is 481 g/mol. The largest absolute Gasteiger partial charge is 0.484 e. The van der Waals surface area contributed by atoms with Crippen molar-refractivity contribution in [3.05, 3.63) is 107 Å². The molecule has 0 atom stereocenters. The number of nitrogens with zero attached hydrogens (tertiary/aromatic N) is 1. The highest BCUT2D eigenvalue weighted by atomic mass is 16.5. The Hall–Kier alpha value is -4.45. The van der Waals surface area contributed by atoms with Crippen LogP contribution in [-0.4, -0.2) is 24.7 Å². The zero-order chi connectivity index (χ0) is 25.5. The molecule has 182 valence electrons. The van der Waals surface area contributed by atoms with E-state index in [1.54, 1.807) is 18.2 Å². The molecular weight excluding hydrogens is 452 g/mol. The molecule has 0 aliphatic rings. The smallest absolute Gasteiger partial charge is 0.343 e. The second-order valence-electron chi connectivity index (χ2n) is 8.76. The molecule has 36 heavy (non-hydrogen) atoms. The summed E-state index contributed by atoms with van der Waals surface area (Å²) in [7, 11) is 0. The number of hydrogen-bond donors (Lipinski definition) is 1. The summed E-state index contributed by atoms with van der Waals surface area (Å²) in [6.07, 6.45) is 1.48. The highest BCUT2D eigenvalue weighted by molar-refractivity contribution is 6.04. The molecule has 0 aliphatic carbocycles. The van der Waals surface area contributed by atoms with E-state index in [4.69, 9.17) is 9.47 Å². The lowest BCUT2D eigenvalue weighted by atomic mass is 10.0. The summed E-state index contributed by atoms with van der Waals surface area (Å²) >= 11 is 0. The van der Waals surface area contributed by atoms with Gasteiger partial charge in [-0.2, -0.15) is 5.10 Å². The van der Waals surface area contributed by atoms with Gasteiger partial charge < -0.3 is 9.47 Å². The number of hydrogen-bond acceptors (Lipinski definition) is 5. The van der Waals surface area contributed by atoms with E-state index in [9.17, 15) is 9.59 Å². The third kappa shape index (κ3) is 6.16. The van der Waals surface area contributed by atoms with Crippen molar-refractivity contribution in [3.63, 3.8) is 0 Å². The van der Waals surface area contributed by atoms with Crippen LogP contribution in [0.5, 0.6) is 11.5 Å². The Labute approximate surface area is 210 Å². The number of carbonyl (C=O) groups excluding carboxylic acids is 2. The van der Waals surface area contributed by atoms with Gasteiger partial charge in [0.15, 0.2) is 6.61 Å². The minimum Gasteiger partial charge on any atom is -0.484 e. The Balaban J connectivity index is 1.46. The molecule has 4 aromatic rings. The van der Waals surface area contributed by atoms with Gasteiger partial charge in [-0.3, -0.25) is 4.79 Å². The number of rotatable bonds is 8. The van der Waals surface area contributed by atoms with Crippen LogP contribution < -0.4 is 14.9 Å². The van der Waals surface area contributed by atoms with Crippen LogP contribution in [0.4, 0.5) is 0 Å². The molecule has 1 N–H and O–H groups in total. The Kier molecular flexibility index (Phi) is 7.75. The number of nitrogens with one attached hydrogen (secondary N) is 1. The van der Waals surface area contributed by atoms with Gasteiger partial charge in [0.25, 0.3) is 5.91 Å². The summed E-state index contributed by atoms with van der Waals surface area (Å²) < 4.78 is 11.3. The maximum atomic E-state index is 12.7. The van der Waals surface area contributed by atoms with Crippen molar-refractivity contribution in [1.82, 2.24) is 5.43 Å². The standard InChI is InChI=1S/C30H28N2O4/c1-20(2)22-12-15-25(16-13-22)35-19-29(33)32-31-18-27-26-7-5-4-6-23(26)14-17-28(27)36-30(34)24-10-8-21(3)9-11-24/h4-18,20H,19H2,1-3H3,(H,32,33)/b31-18-. The summed E-state index contributed by atoms with van der Waals surface area (Å²) in [5.41, 5.74) is 5.76. The van der Waals surface area contributed by atoms with E-state index >= 15 is 0 Å². The lowest BCUT2D eigenvalue weighted by Gasteiger charge is -2.11. The van der Waals surface area contributed by atoms with Gasteiger partial charge in [-0.15, -0.1) is 0 Å². The molecule has 0 saturated heterocycles. The molecule has 0 bridgehead atoms. The molecule has 0 fully saturated rings. The fourth-order valence-corrected chi connectivity index (χ4v) is 3.65. The van der Waals surface area contributed by atoms with Crippen molar-refractivity contribution in [2.45, 2.75) is 26.7 Å². The van der Waals surface area contributed by atoms with Gasteiger partial charge in [0.05, 0.1) is 11.8 Å². The number of amides is 1. The molecule has 0 heterocycles. The van der Waals surface area contributed by atoms with Crippen LogP contribution in [0, 0.1) is 6.92 Å². The first-order chi connectivity index (χ1) is 17.4. The molecule has 1 amide bonds. The van der Waals surface area contributed by atoms with Crippen molar-refractivity contribution in [3.8, 4) is 11.5 Å². The highest BCUT2D eigenvalue weighted by Gasteiger charge is 2.13. The van der Waals surface area contributed by atoms with Gasteiger partial charge >= 0.3 is 5.97 Å². The first-order valence-electron chi connectivity index (χ1n) is 11.8. The maximum absolute atomic E-state index is 12.7. The summed E-state index contributed by atoms with van der Waals surface area (Å²) in [4.78, 5) is 25.0. The second-order valence-corrected chi connectivity index (χ2v) is 8.76. The van der Waals surface area contributed by atoms with Gasteiger partial charge in [0.1, 0.15) is 11.5 Å². The van der Waals surface area contributed by atoms with Crippen LogP contribution in [0.3, 0.4) is 0 Å². The van der Waals surface area contributed by atoms with Gasteiger partial charge in [-0.1, -0.05) is 74.0 Å².